The Bertz CT molecular complexity index is 638. The molecule has 31 heavy (non-hydrogen) atoms. The first-order chi connectivity index (χ1) is 14.5. The van der Waals surface area contributed by atoms with Crippen molar-refractivity contribution < 1.29 is 23.4 Å². The molecule has 0 spiro atoms. The van der Waals surface area contributed by atoms with E-state index in [4.69, 9.17) is 18.6 Å². The van der Waals surface area contributed by atoms with Gasteiger partial charge < -0.3 is 23.4 Å². The molecule has 0 saturated heterocycles. The van der Waals surface area contributed by atoms with Gasteiger partial charge in [0.15, 0.2) is 8.32 Å². The maximum atomic E-state index is 11.1. The third-order valence-corrected chi connectivity index (χ3v) is 11.1. The molecule has 0 amide bonds. The second-order valence-corrected chi connectivity index (χ2v) is 14.8. The van der Waals surface area contributed by atoms with E-state index < -0.39 is 8.32 Å². The zero-order valence-electron chi connectivity index (χ0n) is 21.1. The lowest BCUT2D eigenvalue weighted by atomic mass is 9.86. The molecule has 178 valence electrons. The van der Waals surface area contributed by atoms with Gasteiger partial charge in [-0.15, -0.1) is 0 Å². The van der Waals surface area contributed by atoms with Crippen molar-refractivity contribution in [3.63, 3.8) is 0 Å². The van der Waals surface area contributed by atoms with Gasteiger partial charge in [0.2, 0.25) is 0 Å². The van der Waals surface area contributed by atoms with Crippen molar-refractivity contribution in [2.75, 3.05) is 20.8 Å². The molecule has 4 atom stereocenters. The Balaban J connectivity index is 2.84. The Morgan fingerprint density at radius 1 is 1.06 bits per heavy atom. The molecule has 6 heteroatoms. The van der Waals surface area contributed by atoms with Crippen molar-refractivity contribution >= 4 is 14.6 Å². The molecule has 0 aliphatic carbocycles. The highest BCUT2D eigenvalue weighted by molar-refractivity contribution is 6.74. The normalized spacial score (nSPS) is 16.4. The summed E-state index contributed by atoms with van der Waals surface area (Å²) in [5, 5.41) is 0.117. The highest BCUT2D eigenvalue weighted by Gasteiger charge is 2.41. The van der Waals surface area contributed by atoms with Gasteiger partial charge in [-0.25, -0.2) is 0 Å². The molecule has 1 aromatic carbocycles. The lowest BCUT2D eigenvalue weighted by molar-refractivity contribution is -0.110. The van der Waals surface area contributed by atoms with E-state index >= 15 is 0 Å². The quantitative estimate of drug-likeness (QED) is 0.201. The Morgan fingerprint density at radius 3 is 2.16 bits per heavy atom. The summed E-state index contributed by atoms with van der Waals surface area (Å²) in [7, 11) is 1.42. The first kappa shape index (κ1) is 27.8. The Labute approximate surface area is 190 Å². The van der Waals surface area contributed by atoms with Crippen LogP contribution in [-0.2, 0) is 25.3 Å². The minimum atomic E-state index is -1.97. The van der Waals surface area contributed by atoms with E-state index in [1.807, 2.05) is 24.3 Å². The van der Waals surface area contributed by atoms with Crippen LogP contribution in [0.1, 0.15) is 53.0 Å². The number of hydrogen-bond donors (Lipinski definition) is 0. The van der Waals surface area contributed by atoms with Crippen LogP contribution >= 0.6 is 0 Å². The summed E-state index contributed by atoms with van der Waals surface area (Å²) in [4.78, 5) is 11.1. The molecule has 1 rings (SSSR count). The van der Waals surface area contributed by atoms with Gasteiger partial charge in [0.25, 0.3) is 0 Å². The summed E-state index contributed by atoms with van der Waals surface area (Å²) in [6.07, 6.45) is 2.23. The molecule has 0 unspecified atom stereocenters. The largest absolute Gasteiger partial charge is 0.497 e. The van der Waals surface area contributed by atoms with Gasteiger partial charge in [-0.2, -0.15) is 0 Å². The third-order valence-electron chi connectivity index (χ3n) is 6.63. The zero-order chi connectivity index (χ0) is 23.7. The number of rotatable bonds is 14. The van der Waals surface area contributed by atoms with Gasteiger partial charge in [-0.05, 0) is 48.2 Å². The monoisotopic (exact) mass is 452 g/mol. The fourth-order valence-corrected chi connectivity index (χ4v) is 5.00. The van der Waals surface area contributed by atoms with Crippen LogP contribution in [-0.4, -0.2) is 47.6 Å². The molecule has 0 aliphatic heterocycles. The molecular formula is C25H44O5Si. The fraction of sp³-hybridized carbons (Fsp3) is 0.720. The van der Waals surface area contributed by atoms with Crippen LogP contribution in [0.2, 0.25) is 18.1 Å². The summed E-state index contributed by atoms with van der Waals surface area (Å²) in [5.74, 6) is 1.14. The van der Waals surface area contributed by atoms with Crippen LogP contribution in [0.5, 0.6) is 5.75 Å². The van der Waals surface area contributed by atoms with E-state index in [2.05, 4.69) is 47.7 Å². The summed E-state index contributed by atoms with van der Waals surface area (Å²) < 4.78 is 23.9. The van der Waals surface area contributed by atoms with Crippen LogP contribution in [0.4, 0.5) is 0 Å². The van der Waals surface area contributed by atoms with Crippen LogP contribution in [0.3, 0.4) is 0 Å². The summed E-state index contributed by atoms with van der Waals surface area (Å²) in [6, 6.07) is 7.93. The maximum absolute atomic E-state index is 11.1. The minimum absolute atomic E-state index is 0.0100. The predicted molar refractivity (Wildman–Crippen MR) is 129 cm³/mol. The van der Waals surface area contributed by atoms with Crippen LogP contribution in [0.15, 0.2) is 24.3 Å². The van der Waals surface area contributed by atoms with E-state index in [0.717, 1.165) is 24.0 Å². The summed E-state index contributed by atoms with van der Waals surface area (Å²) in [5.41, 5.74) is 1.12. The van der Waals surface area contributed by atoms with E-state index in [1.165, 1.54) is 0 Å². The molecular weight excluding hydrogens is 408 g/mol. The Kier molecular flexibility index (Phi) is 11.4. The summed E-state index contributed by atoms with van der Waals surface area (Å²) >= 11 is 0. The zero-order valence-corrected chi connectivity index (χ0v) is 22.1. The highest BCUT2D eigenvalue weighted by Crippen LogP contribution is 2.39. The van der Waals surface area contributed by atoms with Crippen molar-refractivity contribution in [3.05, 3.63) is 29.8 Å². The second-order valence-electron chi connectivity index (χ2n) is 10.0. The van der Waals surface area contributed by atoms with Gasteiger partial charge >= 0.3 is 0 Å². The van der Waals surface area contributed by atoms with Crippen LogP contribution in [0, 0.1) is 11.8 Å². The molecule has 0 heterocycles. The van der Waals surface area contributed by atoms with Gasteiger partial charge in [0, 0.05) is 26.1 Å². The standard InChI is InChI=1S/C25H44O5Si/c1-19(14-16-26)24(28-7)20(2)23(30-31(8,9)25(3,4)5)15-17-29-18-21-10-12-22(27-6)13-11-21/h10-13,16,19-20,23-24H,14-15,17-18H2,1-9H3/t19-,20-,23+,24+/m0/s1. The smallest absolute Gasteiger partial charge is 0.192 e. The topological polar surface area (TPSA) is 54.0 Å². The number of carbonyl (C=O) groups is 1. The lowest BCUT2D eigenvalue weighted by Gasteiger charge is -2.43. The van der Waals surface area contributed by atoms with E-state index in [-0.39, 0.29) is 29.1 Å². The Hall–Kier alpha value is -1.21. The molecule has 0 bridgehead atoms. The molecule has 0 fully saturated rings. The maximum Gasteiger partial charge on any atom is 0.192 e. The van der Waals surface area contributed by atoms with E-state index in [9.17, 15) is 4.79 Å². The average molecular weight is 453 g/mol. The van der Waals surface area contributed by atoms with Crippen molar-refractivity contribution in [2.24, 2.45) is 11.8 Å². The van der Waals surface area contributed by atoms with Gasteiger partial charge in [0.1, 0.15) is 12.0 Å². The first-order valence-corrected chi connectivity index (χ1v) is 14.2. The lowest BCUT2D eigenvalue weighted by Crippen LogP contribution is -2.48. The predicted octanol–water partition coefficient (Wildman–Crippen LogP) is 5.87. The van der Waals surface area contributed by atoms with Crippen molar-refractivity contribution in [2.45, 2.75) is 84.4 Å². The third kappa shape index (κ3) is 8.68. The summed E-state index contributed by atoms with van der Waals surface area (Å²) in [6.45, 7) is 16.7. The SMILES string of the molecule is COc1ccc(COCC[C@@H](O[Si](C)(C)C(C)(C)C)[C@H](C)[C@H](OC)[C@@H](C)CC=O)cc1. The number of ether oxygens (including phenoxy) is 3. The van der Waals surface area contributed by atoms with Crippen molar-refractivity contribution in [3.8, 4) is 5.75 Å². The van der Waals surface area contributed by atoms with E-state index in [0.29, 0.717) is 19.6 Å². The second kappa shape index (κ2) is 12.7. The molecule has 0 saturated carbocycles. The molecule has 5 nitrogen and oxygen atoms in total. The highest BCUT2D eigenvalue weighted by atomic mass is 28.4. The average Bonchev–Trinajstić information content (AvgIpc) is 2.70. The van der Waals surface area contributed by atoms with Crippen molar-refractivity contribution in [1.82, 2.24) is 0 Å². The number of aldehydes is 1. The van der Waals surface area contributed by atoms with Crippen molar-refractivity contribution in [1.29, 1.82) is 0 Å². The number of methoxy groups -OCH3 is 2. The Morgan fingerprint density at radius 2 is 1.68 bits per heavy atom. The van der Waals surface area contributed by atoms with Crippen LogP contribution in [0.25, 0.3) is 0 Å². The number of benzene rings is 1. The van der Waals surface area contributed by atoms with Gasteiger partial charge in [-0.1, -0.05) is 46.8 Å². The molecule has 0 aliphatic rings. The van der Waals surface area contributed by atoms with E-state index in [1.54, 1.807) is 14.2 Å². The van der Waals surface area contributed by atoms with Gasteiger partial charge in [0.05, 0.1) is 25.9 Å². The van der Waals surface area contributed by atoms with Gasteiger partial charge in [-0.3, -0.25) is 0 Å². The number of carbonyl (C=O) groups excluding carboxylic acids is 1. The molecule has 0 radical (unpaired) electrons. The minimum Gasteiger partial charge on any atom is -0.497 e. The van der Waals surface area contributed by atoms with Crippen LogP contribution < -0.4 is 4.74 Å². The number of hydrogen-bond acceptors (Lipinski definition) is 5. The molecule has 0 aromatic heterocycles. The molecule has 0 N–H and O–H groups in total. The molecule has 1 aromatic rings. The fourth-order valence-electron chi connectivity index (χ4n) is 3.56. The first-order valence-electron chi connectivity index (χ1n) is 11.3.